The lowest BCUT2D eigenvalue weighted by Crippen LogP contribution is -2.45. The Kier molecular flexibility index (Phi) is 9.28. The van der Waals surface area contributed by atoms with Crippen LogP contribution in [0.3, 0.4) is 0 Å². The number of anilines is 1. The summed E-state index contributed by atoms with van der Waals surface area (Å²) < 4.78 is 10.6. The van der Waals surface area contributed by atoms with Crippen LogP contribution in [0.25, 0.3) is 22.2 Å². The second-order valence-electron chi connectivity index (χ2n) is 13.1. The van der Waals surface area contributed by atoms with Crippen LogP contribution in [0.5, 0.6) is 0 Å². The van der Waals surface area contributed by atoms with Gasteiger partial charge in [0.25, 0.3) is 5.91 Å². The minimum Gasteiger partial charge on any atom is -0.449 e. The summed E-state index contributed by atoms with van der Waals surface area (Å²) in [6.45, 7) is 8.97. The SMILES string of the molecule is CN1CCN(c2ccc(-c3cc(C(=O)NCC4CCC(CNC(=O)OCC5(C)COC5)CC4)c4ccccc4n3)cn2)CC1. The topological polar surface area (TPSA) is 109 Å². The number of pyridine rings is 2. The van der Waals surface area contributed by atoms with Gasteiger partial charge >= 0.3 is 6.09 Å². The van der Waals surface area contributed by atoms with E-state index >= 15 is 0 Å². The molecule has 10 heteroatoms. The Labute approximate surface area is 259 Å². The van der Waals surface area contributed by atoms with Crippen molar-refractivity contribution in [2.75, 3.05) is 71.0 Å². The fourth-order valence-electron chi connectivity index (χ4n) is 6.30. The van der Waals surface area contributed by atoms with Gasteiger partial charge in [-0.15, -0.1) is 0 Å². The first-order valence-corrected chi connectivity index (χ1v) is 15.9. The number of para-hydroxylation sites is 1. The molecule has 1 aromatic carbocycles. The molecule has 1 saturated carbocycles. The van der Waals surface area contributed by atoms with E-state index in [1.807, 2.05) is 36.5 Å². The van der Waals surface area contributed by atoms with Gasteiger partial charge in [-0.25, -0.2) is 14.8 Å². The Hall–Kier alpha value is -3.76. The molecule has 3 aromatic rings. The zero-order valence-corrected chi connectivity index (χ0v) is 25.9. The maximum atomic E-state index is 13.5. The number of piperazine rings is 1. The largest absolute Gasteiger partial charge is 0.449 e. The van der Waals surface area contributed by atoms with Crippen LogP contribution in [0.2, 0.25) is 0 Å². The summed E-state index contributed by atoms with van der Waals surface area (Å²) >= 11 is 0. The van der Waals surface area contributed by atoms with Gasteiger partial charge < -0.3 is 29.9 Å². The van der Waals surface area contributed by atoms with Crippen LogP contribution in [0, 0.1) is 17.3 Å². The van der Waals surface area contributed by atoms with Crippen LogP contribution in [-0.2, 0) is 9.47 Å². The van der Waals surface area contributed by atoms with Crippen molar-refractivity contribution in [3.63, 3.8) is 0 Å². The van der Waals surface area contributed by atoms with Crippen molar-refractivity contribution in [1.29, 1.82) is 0 Å². The molecule has 6 rings (SSSR count). The fourth-order valence-corrected chi connectivity index (χ4v) is 6.30. The standard InChI is InChI=1S/C34H44N6O4/c1-34(21-43-22-34)23-44-33(42)37-19-25-9-7-24(8-10-25)18-36-32(41)28-17-30(38-29-6-4-3-5-27(28)29)26-11-12-31(35-20-26)40-15-13-39(2)14-16-40/h3-6,11-12,17,20,24-25H,7-10,13-16,18-19,21-23H2,1-2H3,(H,36,41)(H,37,42). The molecule has 2 aliphatic heterocycles. The summed E-state index contributed by atoms with van der Waals surface area (Å²) in [5, 5.41) is 6.98. The second kappa shape index (κ2) is 13.5. The predicted octanol–water partition coefficient (Wildman–Crippen LogP) is 4.35. The molecule has 0 radical (unpaired) electrons. The van der Waals surface area contributed by atoms with Gasteiger partial charge in [0, 0.05) is 61.8 Å². The maximum Gasteiger partial charge on any atom is 0.407 e. The number of benzene rings is 1. The average molecular weight is 601 g/mol. The lowest BCUT2D eigenvalue weighted by molar-refractivity contribution is -0.126. The van der Waals surface area contributed by atoms with Crippen LogP contribution in [0.1, 0.15) is 43.0 Å². The number of nitrogens with one attached hydrogen (secondary N) is 2. The Morgan fingerprint density at radius 1 is 0.977 bits per heavy atom. The van der Waals surface area contributed by atoms with Gasteiger partial charge in [0.2, 0.25) is 0 Å². The van der Waals surface area contributed by atoms with E-state index in [1.165, 1.54) is 0 Å². The number of aromatic nitrogens is 2. The summed E-state index contributed by atoms with van der Waals surface area (Å²) in [5.74, 6) is 1.74. The molecule has 0 atom stereocenters. The zero-order valence-electron chi connectivity index (χ0n) is 25.9. The van der Waals surface area contributed by atoms with E-state index in [-0.39, 0.29) is 17.4 Å². The third-order valence-electron chi connectivity index (χ3n) is 9.34. The number of nitrogens with zero attached hydrogens (tertiary/aromatic N) is 4. The zero-order chi connectivity index (χ0) is 30.5. The summed E-state index contributed by atoms with van der Waals surface area (Å²) in [6, 6.07) is 13.8. The first-order chi connectivity index (χ1) is 21.3. The van der Waals surface area contributed by atoms with Crippen molar-refractivity contribution in [1.82, 2.24) is 25.5 Å². The molecular weight excluding hydrogens is 556 g/mol. The van der Waals surface area contributed by atoms with Crippen LogP contribution in [0.4, 0.5) is 10.6 Å². The molecule has 2 saturated heterocycles. The molecule has 2 N–H and O–H groups in total. The lowest BCUT2D eigenvalue weighted by atomic mass is 9.82. The molecule has 4 heterocycles. The van der Waals surface area contributed by atoms with Crippen molar-refractivity contribution in [2.45, 2.75) is 32.6 Å². The number of alkyl carbamates (subject to hydrolysis) is 1. The van der Waals surface area contributed by atoms with E-state index in [9.17, 15) is 9.59 Å². The van der Waals surface area contributed by atoms with Crippen molar-refractivity contribution < 1.29 is 19.1 Å². The van der Waals surface area contributed by atoms with E-state index in [2.05, 4.69) is 46.5 Å². The normalized spacial score (nSPS) is 21.8. The number of fused-ring (bicyclic) bond motifs is 1. The van der Waals surface area contributed by atoms with Crippen molar-refractivity contribution in [2.24, 2.45) is 17.3 Å². The third-order valence-corrected chi connectivity index (χ3v) is 9.34. The number of rotatable bonds is 9. The molecule has 234 valence electrons. The monoisotopic (exact) mass is 600 g/mol. The number of ether oxygens (including phenoxy) is 2. The fraction of sp³-hybridized carbons (Fsp3) is 0.529. The Morgan fingerprint density at radius 2 is 1.68 bits per heavy atom. The quantitative estimate of drug-likeness (QED) is 0.373. The number of amides is 2. The van der Waals surface area contributed by atoms with Gasteiger partial charge in [0.15, 0.2) is 0 Å². The van der Waals surface area contributed by atoms with E-state index in [1.54, 1.807) is 0 Å². The van der Waals surface area contributed by atoms with Crippen molar-refractivity contribution >= 4 is 28.7 Å². The summed E-state index contributed by atoms with van der Waals surface area (Å²) in [4.78, 5) is 39.9. The van der Waals surface area contributed by atoms with Crippen LogP contribution in [-0.4, -0.2) is 93.0 Å². The number of likely N-dealkylation sites (N-methyl/N-ethyl adjacent to an activating group) is 1. The van der Waals surface area contributed by atoms with E-state index in [0.29, 0.717) is 50.3 Å². The number of carbonyl (C=O) groups excluding carboxylic acids is 2. The maximum absolute atomic E-state index is 13.5. The summed E-state index contributed by atoms with van der Waals surface area (Å²) in [7, 11) is 2.15. The van der Waals surface area contributed by atoms with Crippen LogP contribution in [0.15, 0.2) is 48.7 Å². The Morgan fingerprint density at radius 3 is 2.34 bits per heavy atom. The smallest absolute Gasteiger partial charge is 0.407 e. The van der Waals surface area contributed by atoms with Gasteiger partial charge in [-0.3, -0.25) is 4.79 Å². The highest BCUT2D eigenvalue weighted by molar-refractivity contribution is 6.07. The molecule has 2 aromatic heterocycles. The molecule has 44 heavy (non-hydrogen) atoms. The van der Waals surface area contributed by atoms with Crippen LogP contribution >= 0.6 is 0 Å². The summed E-state index contributed by atoms with van der Waals surface area (Å²) in [5.41, 5.74) is 3.02. The highest BCUT2D eigenvalue weighted by Crippen LogP contribution is 2.30. The minimum atomic E-state index is -0.349. The Balaban J connectivity index is 1.02. The molecule has 1 aliphatic carbocycles. The van der Waals surface area contributed by atoms with Crippen molar-refractivity contribution in [3.8, 4) is 11.3 Å². The minimum absolute atomic E-state index is 0.0443. The molecule has 0 unspecified atom stereocenters. The molecule has 0 bridgehead atoms. The van der Waals surface area contributed by atoms with Gasteiger partial charge in [0.05, 0.1) is 30.0 Å². The Bertz CT molecular complexity index is 1440. The first-order valence-electron chi connectivity index (χ1n) is 15.9. The van der Waals surface area contributed by atoms with Gasteiger partial charge in [-0.1, -0.05) is 25.1 Å². The third kappa shape index (κ3) is 7.30. The molecule has 10 nitrogen and oxygen atoms in total. The highest BCUT2D eigenvalue weighted by atomic mass is 16.6. The van der Waals surface area contributed by atoms with Crippen LogP contribution < -0.4 is 15.5 Å². The first kappa shape index (κ1) is 30.3. The van der Waals surface area contributed by atoms with Gasteiger partial charge in [0.1, 0.15) is 12.4 Å². The number of carbonyl (C=O) groups is 2. The van der Waals surface area contributed by atoms with Gasteiger partial charge in [-0.2, -0.15) is 0 Å². The second-order valence-corrected chi connectivity index (χ2v) is 13.1. The predicted molar refractivity (Wildman–Crippen MR) is 171 cm³/mol. The summed E-state index contributed by atoms with van der Waals surface area (Å²) in [6.07, 6.45) is 5.59. The average Bonchev–Trinajstić information content (AvgIpc) is 3.04. The molecular formula is C34H44N6O4. The van der Waals surface area contributed by atoms with E-state index < -0.39 is 0 Å². The molecule has 3 aliphatic rings. The van der Waals surface area contributed by atoms with Crippen molar-refractivity contribution in [3.05, 3.63) is 54.2 Å². The number of hydrogen-bond acceptors (Lipinski definition) is 8. The van der Waals surface area contributed by atoms with E-state index in [4.69, 9.17) is 19.4 Å². The van der Waals surface area contributed by atoms with E-state index in [0.717, 1.165) is 79.8 Å². The molecule has 3 fully saturated rings. The molecule has 0 spiro atoms. The number of hydrogen-bond donors (Lipinski definition) is 2. The lowest BCUT2D eigenvalue weighted by Gasteiger charge is -2.37. The van der Waals surface area contributed by atoms with Gasteiger partial charge in [-0.05, 0) is 68.8 Å². The molecule has 2 amide bonds. The highest BCUT2D eigenvalue weighted by Gasteiger charge is 2.35.